The largest absolute Gasteiger partial charge is 0.497 e. The van der Waals surface area contributed by atoms with Gasteiger partial charge in [-0.1, -0.05) is 19.1 Å². The molecule has 1 heterocycles. The van der Waals surface area contributed by atoms with Crippen molar-refractivity contribution in [2.45, 2.75) is 43.5 Å². The molecule has 0 aromatic heterocycles. The lowest BCUT2D eigenvalue weighted by Crippen LogP contribution is -2.44. The summed E-state index contributed by atoms with van der Waals surface area (Å²) in [6, 6.07) is 15.1. The maximum absolute atomic E-state index is 12.3. The summed E-state index contributed by atoms with van der Waals surface area (Å²) in [4.78, 5) is 14.9. The number of aryl methyl sites for hydroxylation is 1. The van der Waals surface area contributed by atoms with E-state index < -0.39 is 9.84 Å². The van der Waals surface area contributed by atoms with Gasteiger partial charge < -0.3 is 15.0 Å². The van der Waals surface area contributed by atoms with Gasteiger partial charge in [0.1, 0.15) is 5.75 Å². The van der Waals surface area contributed by atoms with Gasteiger partial charge in [0.05, 0.1) is 17.8 Å². The Morgan fingerprint density at radius 1 is 1.13 bits per heavy atom. The number of methoxy groups -OCH3 is 1. The highest BCUT2D eigenvalue weighted by Crippen LogP contribution is 2.22. The van der Waals surface area contributed by atoms with Crippen LogP contribution in [0.4, 0.5) is 5.69 Å². The van der Waals surface area contributed by atoms with E-state index in [1.807, 2.05) is 36.4 Å². The smallest absolute Gasteiger partial charge is 0.220 e. The molecule has 3 rings (SSSR count). The zero-order chi connectivity index (χ0) is 21.6. The molecule has 1 amide bonds. The number of hydrogen-bond donors (Lipinski definition) is 1. The number of hydrogen-bond acceptors (Lipinski definition) is 5. The second-order valence-electron chi connectivity index (χ2n) is 7.58. The molecule has 30 heavy (non-hydrogen) atoms. The first-order valence-corrected chi connectivity index (χ1v) is 12.1. The van der Waals surface area contributed by atoms with Crippen LogP contribution in [0.1, 0.15) is 31.7 Å². The first-order valence-electron chi connectivity index (χ1n) is 10.4. The molecular formula is C23H30N2O4S. The molecule has 0 saturated carbocycles. The Labute approximate surface area is 179 Å². The molecule has 6 nitrogen and oxygen atoms in total. The van der Waals surface area contributed by atoms with Crippen LogP contribution in [0.5, 0.6) is 5.75 Å². The van der Waals surface area contributed by atoms with Gasteiger partial charge in [-0.3, -0.25) is 4.79 Å². The van der Waals surface area contributed by atoms with Crippen molar-refractivity contribution in [2.24, 2.45) is 0 Å². The summed E-state index contributed by atoms with van der Waals surface area (Å²) in [5.74, 6) is 0.987. The van der Waals surface area contributed by atoms with Gasteiger partial charge in [0, 0.05) is 31.2 Å². The van der Waals surface area contributed by atoms with Crippen LogP contribution in [-0.4, -0.2) is 46.3 Å². The van der Waals surface area contributed by atoms with Crippen molar-refractivity contribution in [3.8, 4) is 5.75 Å². The monoisotopic (exact) mass is 430 g/mol. The summed E-state index contributed by atoms with van der Waals surface area (Å²) in [6.07, 6.45) is 2.90. The summed E-state index contributed by atoms with van der Waals surface area (Å²) >= 11 is 0. The lowest BCUT2D eigenvalue weighted by molar-refractivity contribution is -0.121. The van der Waals surface area contributed by atoms with E-state index in [1.54, 1.807) is 26.2 Å². The fraction of sp³-hybridized carbons (Fsp3) is 0.435. The molecule has 1 aliphatic rings. The Morgan fingerprint density at radius 2 is 1.83 bits per heavy atom. The Morgan fingerprint density at radius 3 is 2.47 bits per heavy atom. The molecular weight excluding hydrogens is 400 g/mol. The predicted molar refractivity (Wildman–Crippen MR) is 119 cm³/mol. The molecule has 1 fully saturated rings. The summed E-state index contributed by atoms with van der Waals surface area (Å²) < 4.78 is 29.1. The standard InChI is InChI=1S/C23H30N2O4S/c1-3-30(27,28)22-10-8-20(9-11-22)25-15-13-19(14-16-25)24-23(26)12-7-18-5-4-6-21(17-18)29-2/h4-6,8-11,17,19H,3,7,12-16H2,1-2H3,(H,24,26). The first-order chi connectivity index (χ1) is 14.4. The number of anilines is 1. The average Bonchev–Trinajstić information content (AvgIpc) is 2.78. The number of sulfone groups is 1. The average molecular weight is 431 g/mol. The fourth-order valence-electron chi connectivity index (χ4n) is 3.70. The van der Waals surface area contributed by atoms with Crippen LogP contribution in [0.3, 0.4) is 0 Å². The highest BCUT2D eigenvalue weighted by atomic mass is 32.2. The van der Waals surface area contributed by atoms with Gasteiger partial charge in [-0.2, -0.15) is 0 Å². The number of carbonyl (C=O) groups excluding carboxylic acids is 1. The minimum atomic E-state index is -3.17. The summed E-state index contributed by atoms with van der Waals surface area (Å²) in [6.45, 7) is 3.32. The van der Waals surface area contributed by atoms with Crippen molar-refractivity contribution in [2.75, 3.05) is 30.9 Å². The Kier molecular flexibility index (Phi) is 7.37. The van der Waals surface area contributed by atoms with Gasteiger partial charge in [0.2, 0.25) is 5.91 Å². The molecule has 0 unspecified atom stereocenters. The summed E-state index contributed by atoms with van der Waals surface area (Å²) in [5, 5.41) is 3.15. The number of rotatable bonds is 8. The van der Waals surface area contributed by atoms with Crippen LogP contribution < -0.4 is 15.0 Å². The van der Waals surface area contributed by atoms with Gasteiger partial charge in [0.25, 0.3) is 0 Å². The van der Waals surface area contributed by atoms with Gasteiger partial charge in [-0.25, -0.2) is 8.42 Å². The third kappa shape index (κ3) is 5.75. The van der Waals surface area contributed by atoms with E-state index in [0.29, 0.717) is 17.7 Å². The normalized spacial score (nSPS) is 15.1. The minimum Gasteiger partial charge on any atom is -0.497 e. The van der Waals surface area contributed by atoms with Gasteiger partial charge >= 0.3 is 0 Å². The number of nitrogens with one attached hydrogen (secondary N) is 1. The SMILES string of the molecule is CCS(=O)(=O)c1ccc(N2CCC(NC(=O)CCc3cccc(OC)c3)CC2)cc1. The summed E-state index contributed by atoms with van der Waals surface area (Å²) in [7, 11) is -1.53. The molecule has 1 saturated heterocycles. The van der Waals surface area contributed by atoms with E-state index in [9.17, 15) is 13.2 Å². The molecule has 162 valence electrons. The van der Waals surface area contributed by atoms with Crippen molar-refractivity contribution in [3.05, 3.63) is 54.1 Å². The number of nitrogens with zero attached hydrogens (tertiary/aromatic N) is 1. The second-order valence-corrected chi connectivity index (χ2v) is 9.86. The molecule has 0 radical (unpaired) electrons. The highest BCUT2D eigenvalue weighted by molar-refractivity contribution is 7.91. The number of amides is 1. The van der Waals surface area contributed by atoms with Crippen molar-refractivity contribution in [3.63, 3.8) is 0 Å². The van der Waals surface area contributed by atoms with Gasteiger partial charge in [-0.05, 0) is 61.2 Å². The van der Waals surface area contributed by atoms with E-state index in [4.69, 9.17) is 4.74 Å². The van der Waals surface area contributed by atoms with Gasteiger partial charge in [-0.15, -0.1) is 0 Å². The Bertz CT molecular complexity index is 949. The Balaban J connectivity index is 1.45. The highest BCUT2D eigenvalue weighted by Gasteiger charge is 2.21. The van der Waals surface area contributed by atoms with Crippen LogP contribution in [0.2, 0.25) is 0 Å². The van der Waals surface area contributed by atoms with Crippen molar-refractivity contribution >= 4 is 21.4 Å². The predicted octanol–water partition coefficient (Wildman–Crippen LogP) is 3.21. The maximum Gasteiger partial charge on any atom is 0.220 e. The molecule has 1 aliphatic heterocycles. The third-order valence-electron chi connectivity index (χ3n) is 5.58. The number of carbonyl (C=O) groups is 1. The van der Waals surface area contributed by atoms with E-state index in [-0.39, 0.29) is 17.7 Å². The van der Waals surface area contributed by atoms with Crippen LogP contribution in [-0.2, 0) is 21.1 Å². The maximum atomic E-state index is 12.3. The first kappa shape index (κ1) is 22.2. The van der Waals surface area contributed by atoms with Crippen molar-refractivity contribution in [1.29, 1.82) is 0 Å². The van der Waals surface area contributed by atoms with Crippen molar-refractivity contribution < 1.29 is 17.9 Å². The molecule has 0 atom stereocenters. The second kappa shape index (κ2) is 9.98. The van der Waals surface area contributed by atoms with E-state index in [1.165, 1.54) is 0 Å². The third-order valence-corrected chi connectivity index (χ3v) is 7.33. The lowest BCUT2D eigenvalue weighted by atomic mass is 10.0. The topological polar surface area (TPSA) is 75.7 Å². The molecule has 0 spiro atoms. The molecule has 0 bridgehead atoms. The molecule has 2 aromatic carbocycles. The summed E-state index contributed by atoms with van der Waals surface area (Å²) in [5.41, 5.74) is 2.11. The fourth-order valence-corrected chi connectivity index (χ4v) is 4.58. The van der Waals surface area contributed by atoms with Gasteiger partial charge in [0.15, 0.2) is 9.84 Å². The van der Waals surface area contributed by atoms with E-state index >= 15 is 0 Å². The minimum absolute atomic E-state index is 0.0744. The van der Waals surface area contributed by atoms with Crippen LogP contribution in [0.15, 0.2) is 53.4 Å². The molecule has 0 aliphatic carbocycles. The van der Waals surface area contributed by atoms with E-state index in [2.05, 4.69) is 10.2 Å². The molecule has 1 N–H and O–H groups in total. The zero-order valence-electron chi connectivity index (χ0n) is 17.6. The quantitative estimate of drug-likeness (QED) is 0.696. The number of ether oxygens (including phenoxy) is 1. The molecule has 7 heteroatoms. The number of benzene rings is 2. The molecule has 2 aromatic rings. The van der Waals surface area contributed by atoms with Crippen LogP contribution in [0.25, 0.3) is 0 Å². The number of piperidine rings is 1. The lowest BCUT2D eigenvalue weighted by Gasteiger charge is -2.34. The Hall–Kier alpha value is -2.54. The van der Waals surface area contributed by atoms with Crippen molar-refractivity contribution in [1.82, 2.24) is 5.32 Å². The van der Waals surface area contributed by atoms with Crippen LogP contribution in [0, 0.1) is 0 Å². The zero-order valence-corrected chi connectivity index (χ0v) is 18.5. The van der Waals surface area contributed by atoms with Crippen LogP contribution >= 0.6 is 0 Å². The van der Waals surface area contributed by atoms with E-state index in [0.717, 1.165) is 42.9 Å².